The SMILES string of the molecule is C=CCCCC(=O)C(CC)CCC.CC(C)(C)C. The van der Waals surface area contributed by atoms with Crippen LogP contribution in [0.3, 0.4) is 0 Å². The first-order chi connectivity index (χ1) is 8.26. The first kappa shape index (κ1) is 19.7. The van der Waals surface area contributed by atoms with Gasteiger partial charge in [-0.3, -0.25) is 4.79 Å². The monoisotopic (exact) mass is 254 g/mol. The van der Waals surface area contributed by atoms with Crippen molar-refractivity contribution in [2.24, 2.45) is 11.3 Å². The van der Waals surface area contributed by atoms with Crippen LogP contribution in [0.4, 0.5) is 0 Å². The second kappa shape index (κ2) is 11.5. The molecule has 0 aromatic rings. The molecular weight excluding hydrogens is 220 g/mol. The number of Topliss-reactive ketones (excluding diaryl/α,β-unsaturated/α-hetero) is 1. The van der Waals surface area contributed by atoms with Crippen LogP contribution >= 0.6 is 0 Å². The lowest BCUT2D eigenvalue weighted by atomic mass is 9.93. The fourth-order valence-electron chi connectivity index (χ4n) is 1.57. The van der Waals surface area contributed by atoms with Crippen LogP contribution in [0.5, 0.6) is 0 Å². The van der Waals surface area contributed by atoms with Crippen LogP contribution in [0.25, 0.3) is 0 Å². The molecule has 0 saturated heterocycles. The van der Waals surface area contributed by atoms with Crippen molar-refractivity contribution in [2.75, 3.05) is 0 Å². The molecule has 0 amide bonds. The number of carbonyl (C=O) groups is 1. The Morgan fingerprint density at radius 2 is 1.72 bits per heavy atom. The minimum atomic E-state index is 0.315. The van der Waals surface area contributed by atoms with Gasteiger partial charge in [0.1, 0.15) is 5.78 Å². The maximum atomic E-state index is 11.6. The summed E-state index contributed by atoms with van der Waals surface area (Å²) in [6.45, 7) is 16.6. The van der Waals surface area contributed by atoms with Gasteiger partial charge in [-0.25, -0.2) is 0 Å². The van der Waals surface area contributed by atoms with E-state index < -0.39 is 0 Å². The van der Waals surface area contributed by atoms with Gasteiger partial charge < -0.3 is 0 Å². The number of allylic oxidation sites excluding steroid dienone is 1. The molecule has 0 N–H and O–H groups in total. The van der Waals surface area contributed by atoms with E-state index in [0.29, 0.717) is 17.1 Å². The van der Waals surface area contributed by atoms with Crippen molar-refractivity contribution in [1.82, 2.24) is 0 Å². The first-order valence-corrected chi connectivity index (χ1v) is 7.39. The molecule has 0 aliphatic carbocycles. The van der Waals surface area contributed by atoms with Crippen molar-refractivity contribution in [3.63, 3.8) is 0 Å². The van der Waals surface area contributed by atoms with Crippen molar-refractivity contribution < 1.29 is 4.79 Å². The third-order valence-corrected chi connectivity index (χ3v) is 2.42. The number of ketones is 1. The summed E-state index contributed by atoms with van der Waals surface area (Å²) in [5.74, 6) is 0.765. The molecule has 1 atom stereocenters. The van der Waals surface area contributed by atoms with Crippen LogP contribution < -0.4 is 0 Å². The largest absolute Gasteiger partial charge is 0.299 e. The predicted molar refractivity (Wildman–Crippen MR) is 82.9 cm³/mol. The Morgan fingerprint density at radius 1 is 1.22 bits per heavy atom. The van der Waals surface area contributed by atoms with Crippen LogP contribution in [0, 0.1) is 11.3 Å². The van der Waals surface area contributed by atoms with E-state index in [1.54, 1.807) is 0 Å². The highest BCUT2D eigenvalue weighted by molar-refractivity contribution is 5.80. The lowest BCUT2D eigenvalue weighted by Crippen LogP contribution is -2.12. The number of hydrogen-bond donors (Lipinski definition) is 0. The number of unbranched alkanes of at least 4 members (excludes halogenated alkanes) is 1. The minimum absolute atomic E-state index is 0.315. The highest BCUT2D eigenvalue weighted by atomic mass is 16.1. The zero-order valence-electron chi connectivity index (χ0n) is 13.5. The van der Waals surface area contributed by atoms with Crippen molar-refractivity contribution in [1.29, 1.82) is 0 Å². The Labute approximate surface area is 115 Å². The number of hydrogen-bond acceptors (Lipinski definition) is 1. The quantitative estimate of drug-likeness (QED) is 0.396. The van der Waals surface area contributed by atoms with Crippen molar-refractivity contribution in [2.45, 2.75) is 80.1 Å². The molecule has 0 bridgehead atoms. The van der Waals surface area contributed by atoms with Crippen LogP contribution in [-0.4, -0.2) is 5.78 Å². The molecular formula is C17H34O. The van der Waals surface area contributed by atoms with Crippen molar-refractivity contribution >= 4 is 5.78 Å². The molecule has 0 heterocycles. The van der Waals surface area contributed by atoms with Gasteiger partial charge in [0.25, 0.3) is 0 Å². The Bertz CT molecular complexity index is 204. The average Bonchev–Trinajstić information content (AvgIpc) is 2.23. The first-order valence-electron chi connectivity index (χ1n) is 7.39. The molecule has 108 valence electrons. The van der Waals surface area contributed by atoms with Gasteiger partial charge in [-0.15, -0.1) is 6.58 Å². The van der Waals surface area contributed by atoms with Gasteiger partial charge in [0.15, 0.2) is 0 Å². The lowest BCUT2D eigenvalue weighted by molar-refractivity contribution is -0.123. The van der Waals surface area contributed by atoms with Crippen molar-refractivity contribution in [3.05, 3.63) is 12.7 Å². The third kappa shape index (κ3) is 17.8. The topological polar surface area (TPSA) is 17.1 Å². The summed E-state index contributed by atoms with van der Waals surface area (Å²) >= 11 is 0. The fourth-order valence-corrected chi connectivity index (χ4v) is 1.57. The highest BCUT2D eigenvalue weighted by Gasteiger charge is 2.13. The van der Waals surface area contributed by atoms with Gasteiger partial charge in [-0.2, -0.15) is 0 Å². The van der Waals surface area contributed by atoms with E-state index >= 15 is 0 Å². The molecule has 0 aliphatic heterocycles. The van der Waals surface area contributed by atoms with E-state index in [1.165, 1.54) is 0 Å². The Balaban J connectivity index is 0. The summed E-state index contributed by atoms with van der Waals surface area (Å²) in [6.07, 6.45) is 7.74. The molecule has 0 aromatic carbocycles. The summed E-state index contributed by atoms with van der Waals surface area (Å²) < 4.78 is 0. The number of rotatable bonds is 8. The Hall–Kier alpha value is -0.590. The van der Waals surface area contributed by atoms with E-state index in [4.69, 9.17) is 0 Å². The molecule has 0 fully saturated rings. The molecule has 0 rings (SSSR count). The molecule has 0 radical (unpaired) electrons. The summed E-state index contributed by atoms with van der Waals surface area (Å²) in [5, 5.41) is 0. The average molecular weight is 254 g/mol. The normalized spacial score (nSPS) is 12.3. The zero-order chi connectivity index (χ0) is 14.6. The molecule has 1 nitrogen and oxygen atoms in total. The number of carbonyl (C=O) groups excluding carboxylic acids is 1. The van der Waals surface area contributed by atoms with E-state index in [9.17, 15) is 4.79 Å². The Kier molecular flexibility index (Phi) is 12.6. The van der Waals surface area contributed by atoms with Crippen LogP contribution in [0.15, 0.2) is 12.7 Å². The molecule has 0 saturated carbocycles. The van der Waals surface area contributed by atoms with Gasteiger partial charge in [0.05, 0.1) is 0 Å². The minimum Gasteiger partial charge on any atom is -0.299 e. The molecule has 18 heavy (non-hydrogen) atoms. The van der Waals surface area contributed by atoms with Gasteiger partial charge in [0, 0.05) is 12.3 Å². The fraction of sp³-hybridized carbons (Fsp3) is 0.824. The molecule has 1 unspecified atom stereocenters. The maximum absolute atomic E-state index is 11.6. The van der Waals surface area contributed by atoms with E-state index in [2.05, 4.69) is 48.1 Å². The molecule has 0 aromatic heterocycles. The molecule has 0 spiro atoms. The smallest absolute Gasteiger partial charge is 0.135 e. The zero-order valence-corrected chi connectivity index (χ0v) is 13.5. The van der Waals surface area contributed by atoms with Gasteiger partial charge in [0.2, 0.25) is 0 Å². The highest BCUT2D eigenvalue weighted by Crippen LogP contribution is 2.15. The Morgan fingerprint density at radius 3 is 2.06 bits per heavy atom. The second-order valence-corrected chi connectivity index (χ2v) is 6.54. The van der Waals surface area contributed by atoms with Crippen LogP contribution in [0.2, 0.25) is 0 Å². The summed E-state index contributed by atoms with van der Waals surface area (Å²) in [7, 11) is 0. The van der Waals surface area contributed by atoms with E-state index in [1.807, 2.05) is 6.08 Å². The van der Waals surface area contributed by atoms with Crippen LogP contribution in [-0.2, 0) is 4.79 Å². The summed E-state index contributed by atoms with van der Waals surface area (Å²) in [6, 6.07) is 0. The predicted octanol–water partition coefficient (Wildman–Crippen LogP) is 5.79. The lowest BCUT2D eigenvalue weighted by Gasteiger charge is -2.11. The van der Waals surface area contributed by atoms with E-state index in [0.717, 1.165) is 38.5 Å². The van der Waals surface area contributed by atoms with E-state index in [-0.39, 0.29) is 0 Å². The van der Waals surface area contributed by atoms with Gasteiger partial charge in [-0.1, -0.05) is 54.0 Å². The van der Waals surface area contributed by atoms with Gasteiger partial charge in [-0.05, 0) is 31.1 Å². The molecule has 0 aliphatic rings. The van der Waals surface area contributed by atoms with Crippen LogP contribution in [0.1, 0.15) is 80.1 Å². The van der Waals surface area contributed by atoms with Crippen molar-refractivity contribution in [3.8, 4) is 0 Å². The third-order valence-electron chi connectivity index (χ3n) is 2.42. The maximum Gasteiger partial charge on any atom is 0.135 e. The van der Waals surface area contributed by atoms with Gasteiger partial charge >= 0.3 is 0 Å². The second-order valence-electron chi connectivity index (χ2n) is 6.54. The summed E-state index contributed by atoms with van der Waals surface area (Å²) in [4.78, 5) is 11.6. The summed E-state index contributed by atoms with van der Waals surface area (Å²) in [5.41, 5.74) is 0.500. The molecule has 1 heteroatoms. The standard InChI is InChI=1S/C12H22O.C5H12/c1-4-7-8-10-12(13)11(6-3)9-5-2;1-5(2,3)4/h4,11H,1,5-10H2,2-3H3;1-4H3.